The zero-order valence-corrected chi connectivity index (χ0v) is 17.4. The topological polar surface area (TPSA) is 76.6 Å². The van der Waals surface area contributed by atoms with Crippen LogP contribution in [0.3, 0.4) is 0 Å². The van der Waals surface area contributed by atoms with Crippen molar-refractivity contribution in [2.45, 2.75) is 25.8 Å². The Hall–Kier alpha value is -2.38. The second kappa shape index (κ2) is 8.97. The fourth-order valence-electron chi connectivity index (χ4n) is 4.60. The summed E-state index contributed by atoms with van der Waals surface area (Å²) in [4.78, 5) is 5.02. The summed E-state index contributed by atoms with van der Waals surface area (Å²) in [6.45, 7) is 8.85. The minimum absolute atomic E-state index is 0.226. The highest BCUT2D eigenvalue weighted by molar-refractivity contribution is 5.75. The van der Waals surface area contributed by atoms with Crippen molar-refractivity contribution in [2.24, 2.45) is 5.92 Å². The van der Waals surface area contributed by atoms with Crippen LogP contribution in [0.25, 0.3) is 11.3 Å². The zero-order valence-electron chi connectivity index (χ0n) is 17.4. The number of phenols is 1. The first-order valence-electron chi connectivity index (χ1n) is 10.7. The minimum atomic E-state index is 0.226. The summed E-state index contributed by atoms with van der Waals surface area (Å²) in [5.41, 5.74) is 2.45. The molecule has 7 nitrogen and oxygen atoms in total. The lowest BCUT2D eigenvalue weighted by Gasteiger charge is -2.43. The maximum Gasteiger partial charge on any atom is 0.172 e. The van der Waals surface area contributed by atoms with E-state index in [0.29, 0.717) is 17.3 Å². The number of hydrogen-bond donors (Lipinski definition) is 3. The molecular formula is C22H32N6O. The minimum Gasteiger partial charge on any atom is -0.507 e. The van der Waals surface area contributed by atoms with Crippen molar-refractivity contribution in [3.05, 3.63) is 30.3 Å². The van der Waals surface area contributed by atoms with E-state index in [1.807, 2.05) is 31.3 Å². The van der Waals surface area contributed by atoms with Crippen LogP contribution in [0, 0.1) is 5.92 Å². The second-order valence-corrected chi connectivity index (χ2v) is 8.24. The summed E-state index contributed by atoms with van der Waals surface area (Å²) in [7, 11) is 1.88. The van der Waals surface area contributed by atoms with Gasteiger partial charge in [-0.15, -0.1) is 10.2 Å². The van der Waals surface area contributed by atoms with Gasteiger partial charge in [-0.05, 0) is 57.0 Å². The number of benzene rings is 1. The molecule has 2 fully saturated rings. The molecule has 2 aliphatic rings. The molecule has 2 atom stereocenters. The number of para-hydroxylation sites is 1. The predicted molar refractivity (Wildman–Crippen MR) is 118 cm³/mol. The molecule has 0 radical (unpaired) electrons. The van der Waals surface area contributed by atoms with Gasteiger partial charge in [0.25, 0.3) is 0 Å². The van der Waals surface area contributed by atoms with Crippen LogP contribution < -0.4 is 15.5 Å². The quantitative estimate of drug-likeness (QED) is 0.716. The number of nitrogens with one attached hydrogen (secondary N) is 2. The van der Waals surface area contributed by atoms with Crippen molar-refractivity contribution in [1.82, 2.24) is 20.4 Å². The van der Waals surface area contributed by atoms with Crippen molar-refractivity contribution in [2.75, 3.05) is 56.5 Å². The Bertz CT molecular complexity index is 823. The average molecular weight is 397 g/mol. The number of piperidine rings is 1. The highest BCUT2D eigenvalue weighted by Crippen LogP contribution is 2.33. The molecule has 3 N–H and O–H groups in total. The van der Waals surface area contributed by atoms with Gasteiger partial charge >= 0.3 is 0 Å². The number of anilines is 2. The maximum atomic E-state index is 10.2. The Morgan fingerprint density at radius 2 is 2.10 bits per heavy atom. The zero-order chi connectivity index (χ0) is 20.2. The smallest absolute Gasteiger partial charge is 0.172 e. The van der Waals surface area contributed by atoms with Crippen LogP contribution in [-0.2, 0) is 0 Å². The van der Waals surface area contributed by atoms with E-state index >= 15 is 0 Å². The Labute approximate surface area is 173 Å². The molecule has 3 heterocycles. The molecule has 0 amide bonds. The first-order chi connectivity index (χ1) is 14.2. The van der Waals surface area contributed by atoms with Crippen LogP contribution in [-0.4, -0.2) is 72.6 Å². The lowest BCUT2D eigenvalue weighted by Crippen LogP contribution is -2.54. The molecule has 0 spiro atoms. The predicted octanol–water partition coefficient (Wildman–Crippen LogP) is 2.40. The van der Waals surface area contributed by atoms with Crippen molar-refractivity contribution in [3.8, 4) is 17.0 Å². The molecule has 1 aromatic carbocycles. The molecule has 1 aromatic heterocycles. The molecule has 7 heteroatoms. The Balaban J connectivity index is 1.51. The van der Waals surface area contributed by atoms with E-state index in [0.717, 1.165) is 43.6 Å². The van der Waals surface area contributed by atoms with E-state index < -0.39 is 0 Å². The van der Waals surface area contributed by atoms with Gasteiger partial charge in [-0.3, -0.25) is 4.90 Å². The van der Waals surface area contributed by atoms with Gasteiger partial charge in [-0.1, -0.05) is 12.1 Å². The van der Waals surface area contributed by atoms with E-state index in [2.05, 4.69) is 37.6 Å². The molecule has 0 saturated carbocycles. The van der Waals surface area contributed by atoms with Crippen LogP contribution >= 0.6 is 0 Å². The lowest BCUT2D eigenvalue weighted by atomic mass is 9.98. The van der Waals surface area contributed by atoms with Gasteiger partial charge in [-0.2, -0.15) is 0 Å². The Kier molecular flexibility index (Phi) is 6.16. The van der Waals surface area contributed by atoms with Crippen LogP contribution in [0.15, 0.2) is 30.3 Å². The summed E-state index contributed by atoms with van der Waals surface area (Å²) in [6, 6.07) is 9.72. The monoisotopic (exact) mass is 396 g/mol. The second-order valence-electron chi connectivity index (χ2n) is 8.24. The van der Waals surface area contributed by atoms with Crippen molar-refractivity contribution in [3.63, 3.8) is 0 Å². The van der Waals surface area contributed by atoms with Gasteiger partial charge in [0.05, 0.1) is 11.4 Å². The maximum absolute atomic E-state index is 10.2. The van der Waals surface area contributed by atoms with E-state index in [9.17, 15) is 5.11 Å². The van der Waals surface area contributed by atoms with Crippen molar-refractivity contribution >= 4 is 11.5 Å². The lowest BCUT2D eigenvalue weighted by molar-refractivity contribution is 0.180. The summed E-state index contributed by atoms with van der Waals surface area (Å²) in [6.07, 6.45) is 2.63. The molecule has 0 aliphatic carbocycles. The third-order valence-electron chi connectivity index (χ3n) is 6.13. The average Bonchev–Trinajstić information content (AvgIpc) is 2.75. The molecule has 29 heavy (non-hydrogen) atoms. The molecule has 156 valence electrons. The van der Waals surface area contributed by atoms with E-state index in [1.54, 1.807) is 6.07 Å². The van der Waals surface area contributed by atoms with Gasteiger partial charge in [0.2, 0.25) is 0 Å². The summed E-state index contributed by atoms with van der Waals surface area (Å²) in [5.74, 6) is 1.77. The van der Waals surface area contributed by atoms with Crippen molar-refractivity contribution in [1.29, 1.82) is 0 Å². The van der Waals surface area contributed by atoms with Gasteiger partial charge in [0, 0.05) is 44.8 Å². The van der Waals surface area contributed by atoms with Gasteiger partial charge in [0.1, 0.15) is 5.75 Å². The fourth-order valence-corrected chi connectivity index (χ4v) is 4.60. The first-order valence-corrected chi connectivity index (χ1v) is 10.7. The molecule has 2 aromatic rings. The summed E-state index contributed by atoms with van der Waals surface area (Å²) >= 11 is 0. The highest BCUT2D eigenvalue weighted by atomic mass is 16.3. The van der Waals surface area contributed by atoms with E-state index in [-0.39, 0.29) is 5.75 Å². The standard InChI is InChI=1S/C22H32N6O/c1-16-14-27(15-17-6-5-9-24-13-17)10-11-28(16)20-12-19(25-26-22(20)23-2)18-7-3-4-8-21(18)29/h3-4,7-8,12,16-17,24,29H,5-6,9-11,13-15H2,1-2H3,(H,23,26)/t16-,17?/m0/s1. The summed E-state index contributed by atoms with van der Waals surface area (Å²) in [5, 5.41) is 25.7. The van der Waals surface area contributed by atoms with E-state index in [4.69, 9.17) is 0 Å². The number of piperazine rings is 1. The van der Waals surface area contributed by atoms with Gasteiger partial charge < -0.3 is 20.6 Å². The van der Waals surface area contributed by atoms with Crippen molar-refractivity contribution < 1.29 is 5.11 Å². The van der Waals surface area contributed by atoms with Gasteiger partial charge in [0.15, 0.2) is 5.82 Å². The number of nitrogens with zero attached hydrogens (tertiary/aromatic N) is 4. The van der Waals surface area contributed by atoms with Crippen LogP contribution in [0.5, 0.6) is 5.75 Å². The number of rotatable bonds is 5. The van der Waals surface area contributed by atoms with Crippen LogP contribution in [0.2, 0.25) is 0 Å². The number of aromatic nitrogens is 2. The number of aromatic hydroxyl groups is 1. The third-order valence-corrected chi connectivity index (χ3v) is 6.13. The van der Waals surface area contributed by atoms with Crippen LogP contribution in [0.1, 0.15) is 19.8 Å². The fraction of sp³-hybridized carbons (Fsp3) is 0.545. The Morgan fingerprint density at radius 3 is 2.83 bits per heavy atom. The normalized spacial score (nSPS) is 23.2. The molecule has 2 saturated heterocycles. The molecule has 1 unspecified atom stereocenters. The largest absolute Gasteiger partial charge is 0.507 e. The number of hydrogen-bond acceptors (Lipinski definition) is 7. The molecular weight excluding hydrogens is 364 g/mol. The van der Waals surface area contributed by atoms with Crippen LogP contribution in [0.4, 0.5) is 11.5 Å². The number of phenolic OH excluding ortho intramolecular Hbond substituents is 1. The third kappa shape index (κ3) is 4.46. The highest BCUT2D eigenvalue weighted by Gasteiger charge is 2.28. The first kappa shape index (κ1) is 19.9. The van der Waals surface area contributed by atoms with E-state index in [1.165, 1.54) is 25.9 Å². The summed E-state index contributed by atoms with van der Waals surface area (Å²) < 4.78 is 0. The molecule has 0 bridgehead atoms. The Morgan fingerprint density at radius 1 is 1.24 bits per heavy atom. The van der Waals surface area contributed by atoms with Gasteiger partial charge in [-0.25, -0.2) is 0 Å². The molecule has 2 aliphatic heterocycles. The SMILES string of the molecule is CNc1nnc(-c2ccccc2O)cc1N1CCN(CC2CCCNC2)C[C@@H]1C. The molecule has 4 rings (SSSR count).